The second-order valence-corrected chi connectivity index (χ2v) is 9.36. The molecule has 1 heterocycles. The molecule has 4 aromatic rings. The van der Waals surface area contributed by atoms with Gasteiger partial charge >= 0.3 is 0 Å². The van der Waals surface area contributed by atoms with E-state index in [1.807, 2.05) is 53.4 Å². The molecular formula is C31H31N3O2. The number of hydrogen-bond donors (Lipinski definition) is 2. The summed E-state index contributed by atoms with van der Waals surface area (Å²) in [4.78, 5) is 27.3. The van der Waals surface area contributed by atoms with Gasteiger partial charge in [-0.15, -0.1) is 0 Å². The highest BCUT2D eigenvalue weighted by Gasteiger charge is 2.23. The molecule has 0 saturated carbocycles. The van der Waals surface area contributed by atoms with Crippen LogP contribution in [-0.2, 0) is 22.6 Å². The molecule has 1 unspecified atom stereocenters. The Morgan fingerprint density at radius 3 is 2.42 bits per heavy atom. The number of nitrogens with one attached hydrogen (secondary N) is 2. The molecule has 0 radical (unpaired) electrons. The van der Waals surface area contributed by atoms with E-state index >= 15 is 0 Å². The molecule has 5 rings (SSSR count). The first kappa shape index (κ1) is 23.8. The zero-order valence-corrected chi connectivity index (χ0v) is 20.3. The Labute approximate surface area is 212 Å². The van der Waals surface area contributed by atoms with Crippen LogP contribution in [0.2, 0.25) is 0 Å². The summed E-state index contributed by atoms with van der Waals surface area (Å²) >= 11 is 0. The predicted molar refractivity (Wildman–Crippen MR) is 144 cm³/mol. The zero-order valence-electron chi connectivity index (χ0n) is 20.3. The lowest BCUT2D eigenvalue weighted by Crippen LogP contribution is -2.42. The normalized spacial score (nSPS) is 16.1. The molecular weight excluding hydrogens is 446 g/mol. The van der Waals surface area contributed by atoms with Crippen LogP contribution in [0.3, 0.4) is 0 Å². The lowest BCUT2D eigenvalue weighted by molar-refractivity contribution is -0.130. The van der Waals surface area contributed by atoms with Crippen LogP contribution in [0.5, 0.6) is 0 Å². The SMILES string of the molecule is O=C(Cc1ccc(-c2ccccc2)cc1)NCC1CCN(Cc2cccc3ccccc23)C(=O)CN1. The number of amides is 2. The summed E-state index contributed by atoms with van der Waals surface area (Å²) in [5.41, 5.74) is 4.45. The van der Waals surface area contributed by atoms with Gasteiger partial charge in [0.25, 0.3) is 0 Å². The molecule has 5 nitrogen and oxygen atoms in total. The van der Waals surface area contributed by atoms with Gasteiger partial charge in [0.1, 0.15) is 0 Å². The third-order valence-corrected chi connectivity index (χ3v) is 6.85. The van der Waals surface area contributed by atoms with E-state index in [9.17, 15) is 9.59 Å². The predicted octanol–water partition coefficient (Wildman–Crippen LogP) is 4.56. The Morgan fingerprint density at radius 1 is 0.861 bits per heavy atom. The summed E-state index contributed by atoms with van der Waals surface area (Å²) < 4.78 is 0. The maximum Gasteiger partial charge on any atom is 0.236 e. The van der Waals surface area contributed by atoms with E-state index < -0.39 is 0 Å². The summed E-state index contributed by atoms with van der Waals surface area (Å²) in [6.07, 6.45) is 1.14. The van der Waals surface area contributed by atoms with Crippen molar-refractivity contribution in [2.75, 3.05) is 19.6 Å². The molecule has 0 bridgehead atoms. The van der Waals surface area contributed by atoms with Crippen molar-refractivity contribution in [1.82, 2.24) is 15.5 Å². The fourth-order valence-corrected chi connectivity index (χ4v) is 4.79. The molecule has 0 aliphatic carbocycles. The first-order chi connectivity index (χ1) is 17.7. The van der Waals surface area contributed by atoms with Gasteiger partial charge in [-0.25, -0.2) is 0 Å². The monoisotopic (exact) mass is 477 g/mol. The Bertz CT molecular complexity index is 1330. The number of fused-ring (bicyclic) bond motifs is 1. The molecule has 2 N–H and O–H groups in total. The fraction of sp³-hybridized carbons (Fsp3) is 0.226. The largest absolute Gasteiger partial charge is 0.354 e. The van der Waals surface area contributed by atoms with E-state index in [-0.39, 0.29) is 24.4 Å². The number of carbonyl (C=O) groups excluding carboxylic acids is 2. The summed E-state index contributed by atoms with van der Waals surface area (Å²) in [6, 6.07) is 32.9. The Balaban J connectivity index is 1.12. The van der Waals surface area contributed by atoms with Gasteiger partial charge in [-0.1, -0.05) is 97.1 Å². The van der Waals surface area contributed by atoms with Gasteiger partial charge in [-0.3, -0.25) is 9.59 Å². The van der Waals surface area contributed by atoms with Gasteiger partial charge < -0.3 is 15.5 Å². The van der Waals surface area contributed by atoms with Crippen molar-refractivity contribution in [3.63, 3.8) is 0 Å². The molecule has 4 aromatic carbocycles. The molecule has 1 fully saturated rings. The molecule has 1 atom stereocenters. The molecule has 36 heavy (non-hydrogen) atoms. The minimum atomic E-state index is -0.00699. The van der Waals surface area contributed by atoms with Crippen molar-refractivity contribution >= 4 is 22.6 Å². The van der Waals surface area contributed by atoms with Crippen LogP contribution in [0.4, 0.5) is 0 Å². The van der Waals surface area contributed by atoms with Crippen LogP contribution in [0, 0.1) is 0 Å². The average Bonchev–Trinajstić information content (AvgIpc) is 3.09. The maximum atomic E-state index is 12.8. The number of benzene rings is 4. The van der Waals surface area contributed by atoms with Crippen molar-refractivity contribution in [2.45, 2.75) is 25.4 Å². The Morgan fingerprint density at radius 2 is 1.58 bits per heavy atom. The Kier molecular flexibility index (Phi) is 7.39. The van der Waals surface area contributed by atoms with E-state index in [0.29, 0.717) is 26.1 Å². The first-order valence-electron chi connectivity index (χ1n) is 12.5. The van der Waals surface area contributed by atoms with Crippen LogP contribution in [0.15, 0.2) is 97.1 Å². The first-order valence-corrected chi connectivity index (χ1v) is 12.5. The standard InChI is InChI=1S/C31H31N3O2/c35-30(19-23-13-15-25(16-14-23)24-7-2-1-3-8-24)33-20-28-17-18-34(31(36)21-32-28)22-27-11-6-10-26-9-4-5-12-29(26)27/h1-16,28,32H,17-22H2,(H,33,35). The minimum absolute atomic E-state index is 0.00699. The van der Waals surface area contributed by atoms with Gasteiger partial charge in [0, 0.05) is 25.7 Å². The van der Waals surface area contributed by atoms with Gasteiger partial charge in [-0.05, 0) is 39.4 Å². The molecule has 182 valence electrons. The third kappa shape index (κ3) is 5.81. The van der Waals surface area contributed by atoms with Gasteiger partial charge in [0.15, 0.2) is 0 Å². The molecule has 0 aromatic heterocycles. The van der Waals surface area contributed by atoms with Gasteiger partial charge in [0.2, 0.25) is 11.8 Å². The van der Waals surface area contributed by atoms with Crippen LogP contribution in [-0.4, -0.2) is 42.4 Å². The van der Waals surface area contributed by atoms with Crippen molar-refractivity contribution in [3.8, 4) is 11.1 Å². The second-order valence-electron chi connectivity index (χ2n) is 9.36. The highest BCUT2D eigenvalue weighted by atomic mass is 16.2. The van der Waals surface area contributed by atoms with Crippen molar-refractivity contribution in [3.05, 3.63) is 108 Å². The number of nitrogens with zero attached hydrogens (tertiary/aromatic N) is 1. The molecule has 1 aliphatic rings. The summed E-state index contributed by atoms with van der Waals surface area (Å²) in [5.74, 6) is 0.0858. The molecule has 5 heteroatoms. The van der Waals surface area contributed by atoms with Crippen LogP contribution in [0.1, 0.15) is 17.5 Å². The molecule has 2 amide bonds. The molecule has 1 aliphatic heterocycles. The highest BCUT2D eigenvalue weighted by molar-refractivity contribution is 5.86. The minimum Gasteiger partial charge on any atom is -0.354 e. The van der Waals surface area contributed by atoms with Gasteiger partial charge in [-0.2, -0.15) is 0 Å². The quantitative estimate of drug-likeness (QED) is 0.410. The second kappa shape index (κ2) is 11.2. The number of carbonyl (C=O) groups is 2. The lowest BCUT2D eigenvalue weighted by atomic mass is 10.0. The van der Waals surface area contributed by atoms with Gasteiger partial charge in [0.05, 0.1) is 13.0 Å². The molecule has 0 spiro atoms. The highest BCUT2D eigenvalue weighted by Crippen LogP contribution is 2.21. The van der Waals surface area contributed by atoms with Crippen LogP contribution in [0.25, 0.3) is 21.9 Å². The topological polar surface area (TPSA) is 61.4 Å². The fourth-order valence-electron chi connectivity index (χ4n) is 4.79. The number of rotatable bonds is 7. The molecule has 1 saturated heterocycles. The summed E-state index contributed by atoms with van der Waals surface area (Å²) in [5, 5.41) is 8.74. The zero-order chi connectivity index (χ0) is 24.7. The number of hydrogen-bond acceptors (Lipinski definition) is 3. The van der Waals surface area contributed by atoms with E-state index in [1.54, 1.807) is 0 Å². The smallest absolute Gasteiger partial charge is 0.236 e. The Hall–Kier alpha value is -3.96. The van der Waals surface area contributed by atoms with Crippen LogP contribution >= 0.6 is 0 Å². The van der Waals surface area contributed by atoms with Crippen molar-refractivity contribution < 1.29 is 9.59 Å². The summed E-state index contributed by atoms with van der Waals surface area (Å²) in [7, 11) is 0. The maximum absolute atomic E-state index is 12.8. The van der Waals surface area contributed by atoms with Crippen molar-refractivity contribution in [1.29, 1.82) is 0 Å². The average molecular weight is 478 g/mol. The lowest BCUT2D eigenvalue weighted by Gasteiger charge is -2.21. The van der Waals surface area contributed by atoms with E-state index in [2.05, 4.69) is 59.2 Å². The van der Waals surface area contributed by atoms with Crippen molar-refractivity contribution in [2.24, 2.45) is 0 Å². The van der Waals surface area contributed by atoms with E-state index in [4.69, 9.17) is 0 Å². The van der Waals surface area contributed by atoms with Crippen LogP contribution < -0.4 is 10.6 Å². The summed E-state index contributed by atoms with van der Waals surface area (Å²) in [6.45, 7) is 2.05. The van der Waals surface area contributed by atoms with E-state index in [1.165, 1.54) is 10.8 Å². The van der Waals surface area contributed by atoms with E-state index in [0.717, 1.165) is 28.7 Å². The third-order valence-electron chi connectivity index (χ3n) is 6.85.